The Morgan fingerprint density at radius 2 is 2.04 bits per heavy atom. The van der Waals surface area contributed by atoms with Gasteiger partial charge in [0.2, 0.25) is 5.91 Å². The number of rotatable bonds is 5. The molecular weight excluding hydrogens is 326 g/mol. The van der Waals surface area contributed by atoms with Gasteiger partial charge in [0.1, 0.15) is 5.75 Å². The van der Waals surface area contributed by atoms with Crippen LogP contribution in [0.25, 0.3) is 0 Å². The summed E-state index contributed by atoms with van der Waals surface area (Å²) in [4.78, 5) is 40.0. The van der Waals surface area contributed by atoms with E-state index in [9.17, 15) is 14.4 Å². The molecule has 2 saturated heterocycles. The molecule has 2 N–H and O–H groups in total. The first-order valence-electron chi connectivity index (χ1n) is 8.41. The number of piperidine rings is 2. The minimum atomic E-state index is -0.800. The van der Waals surface area contributed by atoms with Gasteiger partial charge >= 0.3 is 5.97 Å². The molecule has 1 atom stereocenters. The molecule has 1 unspecified atom stereocenters. The van der Waals surface area contributed by atoms with E-state index in [4.69, 9.17) is 9.84 Å². The number of amides is 2. The van der Waals surface area contributed by atoms with Crippen molar-refractivity contribution in [3.05, 3.63) is 24.0 Å². The topological polar surface area (TPSA) is 109 Å². The summed E-state index contributed by atoms with van der Waals surface area (Å²) in [6.07, 6.45) is 3.32. The van der Waals surface area contributed by atoms with E-state index in [1.807, 2.05) is 11.0 Å². The van der Waals surface area contributed by atoms with E-state index >= 15 is 0 Å². The molecule has 8 heteroatoms. The van der Waals surface area contributed by atoms with Crippen molar-refractivity contribution in [3.8, 4) is 5.75 Å². The van der Waals surface area contributed by atoms with Gasteiger partial charge in [-0.25, -0.2) is 0 Å². The molecule has 2 amide bonds. The molecular formula is C17H21N3O5. The highest BCUT2D eigenvalue weighted by molar-refractivity contribution is 5.99. The zero-order valence-electron chi connectivity index (χ0n) is 13.8. The largest absolute Gasteiger partial charge is 0.480 e. The van der Waals surface area contributed by atoms with Crippen molar-refractivity contribution in [1.82, 2.24) is 15.2 Å². The number of aliphatic carboxylic acids is 1. The lowest BCUT2D eigenvalue weighted by Crippen LogP contribution is -2.46. The molecule has 0 saturated carbocycles. The number of imide groups is 1. The van der Waals surface area contributed by atoms with Crippen LogP contribution < -0.4 is 10.1 Å². The van der Waals surface area contributed by atoms with E-state index in [0.717, 1.165) is 31.6 Å². The molecule has 134 valence electrons. The van der Waals surface area contributed by atoms with Crippen LogP contribution in [0.5, 0.6) is 5.75 Å². The van der Waals surface area contributed by atoms with Gasteiger partial charge in [-0.3, -0.25) is 29.6 Å². The van der Waals surface area contributed by atoms with E-state index in [1.165, 1.54) is 0 Å². The first-order valence-corrected chi connectivity index (χ1v) is 8.41. The van der Waals surface area contributed by atoms with Gasteiger partial charge in [0.05, 0.1) is 12.7 Å². The van der Waals surface area contributed by atoms with Gasteiger partial charge in [-0.05, 0) is 38.1 Å². The summed E-state index contributed by atoms with van der Waals surface area (Å²) in [5.41, 5.74) is 0.950. The molecule has 0 aromatic carbocycles. The summed E-state index contributed by atoms with van der Waals surface area (Å²) < 4.78 is 5.62. The second-order valence-electron chi connectivity index (χ2n) is 6.42. The van der Waals surface area contributed by atoms with Crippen molar-refractivity contribution in [2.24, 2.45) is 0 Å². The van der Waals surface area contributed by atoms with Crippen LogP contribution >= 0.6 is 0 Å². The standard InChI is InChI=1S/C17H21N3O5/c21-15-4-3-14(17(24)19-15)25-12-1-2-13(18-9-12)11-5-7-20(8-6-11)10-16(22)23/h1-2,9,11,14H,3-8,10H2,(H,22,23)(H,19,21,24). The number of carbonyl (C=O) groups is 3. The number of carboxylic acid groups (broad SMARTS) is 1. The third kappa shape index (κ3) is 4.54. The molecule has 2 aliphatic heterocycles. The Morgan fingerprint density at radius 3 is 2.64 bits per heavy atom. The number of nitrogens with zero attached hydrogens (tertiary/aromatic N) is 2. The second-order valence-corrected chi connectivity index (χ2v) is 6.42. The van der Waals surface area contributed by atoms with Crippen molar-refractivity contribution < 1.29 is 24.2 Å². The van der Waals surface area contributed by atoms with Crippen molar-refractivity contribution in [2.45, 2.75) is 37.7 Å². The molecule has 25 heavy (non-hydrogen) atoms. The Balaban J connectivity index is 1.53. The zero-order valence-corrected chi connectivity index (χ0v) is 13.8. The monoisotopic (exact) mass is 347 g/mol. The van der Waals surface area contributed by atoms with Crippen LogP contribution in [0.15, 0.2) is 18.3 Å². The highest BCUT2D eigenvalue weighted by atomic mass is 16.5. The van der Waals surface area contributed by atoms with Crippen LogP contribution in [0.2, 0.25) is 0 Å². The van der Waals surface area contributed by atoms with E-state index in [0.29, 0.717) is 18.1 Å². The van der Waals surface area contributed by atoms with Gasteiger partial charge in [-0.2, -0.15) is 0 Å². The highest BCUT2D eigenvalue weighted by Gasteiger charge is 2.28. The predicted molar refractivity (Wildman–Crippen MR) is 87.1 cm³/mol. The minimum Gasteiger partial charge on any atom is -0.480 e. The lowest BCUT2D eigenvalue weighted by atomic mass is 9.93. The highest BCUT2D eigenvalue weighted by Crippen LogP contribution is 2.27. The number of carbonyl (C=O) groups excluding carboxylic acids is 2. The molecule has 3 rings (SSSR count). The average molecular weight is 347 g/mol. The number of ether oxygens (including phenoxy) is 1. The van der Waals surface area contributed by atoms with Crippen LogP contribution in [-0.4, -0.2) is 58.5 Å². The molecule has 1 aromatic heterocycles. The average Bonchev–Trinajstić information content (AvgIpc) is 2.58. The van der Waals surface area contributed by atoms with Gasteiger partial charge < -0.3 is 9.84 Å². The molecule has 0 spiro atoms. The number of aromatic nitrogens is 1. The van der Waals surface area contributed by atoms with Crippen LogP contribution in [0.1, 0.15) is 37.3 Å². The van der Waals surface area contributed by atoms with Gasteiger partial charge in [-0.1, -0.05) is 0 Å². The zero-order chi connectivity index (χ0) is 17.8. The maximum atomic E-state index is 11.7. The third-order valence-electron chi connectivity index (χ3n) is 4.59. The predicted octanol–water partition coefficient (Wildman–Crippen LogP) is 0.530. The molecule has 8 nitrogen and oxygen atoms in total. The number of carboxylic acids is 1. The molecule has 2 aliphatic rings. The molecule has 0 aliphatic carbocycles. The quantitative estimate of drug-likeness (QED) is 0.748. The van der Waals surface area contributed by atoms with Crippen LogP contribution in [0.4, 0.5) is 0 Å². The number of likely N-dealkylation sites (tertiary alicyclic amines) is 1. The Morgan fingerprint density at radius 1 is 1.28 bits per heavy atom. The Bertz CT molecular complexity index is 653. The van der Waals surface area contributed by atoms with E-state index in [2.05, 4.69) is 10.3 Å². The fourth-order valence-corrected chi connectivity index (χ4v) is 3.23. The lowest BCUT2D eigenvalue weighted by Gasteiger charge is -2.30. The number of hydrogen-bond donors (Lipinski definition) is 2. The summed E-state index contributed by atoms with van der Waals surface area (Å²) in [6.45, 7) is 1.57. The van der Waals surface area contributed by atoms with Gasteiger partial charge in [0.25, 0.3) is 5.91 Å². The van der Waals surface area contributed by atoms with E-state index in [-0.39, 0.29) is 18.9 Å². The summed E-state index contributed by atoms with van der Waals surface area (Å²) >= 11 is 0. The number of hydrogen-bond acceptors (Lipinski definition) is 6. The van der Waals surface area contributed by atoms with Gasteiger partial charge in [-0.15, -0.1) is 0 Å². The Hall–Kier alpha value is -2.48. The van der Waals surface area contributed by atoms with Gasteiger partial charge in [0.15, 0.2) is 6.10 Å². The fraction of sp³-hybridized carbons (Fsp3) is 0.529. The molecule has 0 bridgehead atoms. The van der Waals surface area contributed by atoms with E-state index in [1.54, 1.807) is 12.3 Å². The van der Waals surface area contributed by atoms with Crippen molar-refractivity contribution in [3.63, 3.8) is 0 Å². The maximum absolute atomic E-state index is 11.7. The van der Waals surface area contributed by atoms with Crippen LogP contribution in [-0.2, 0) is 14.4 Å². The fourth-order valence-electron chi connectivity index (χ4n) is 3.23. The number of pyridine rings is 1. The first kappa shape index (κ1) is 17.3. The Labute approximate surface area is 145 Å². The molecule has 0 radical (unpaired) electrons. The van der Waals surface area contributed by atoms with Crippen molar-refractivity contribution >= 4 is 17.8 Å². The van der Waals surface area contributed by atoms with Crippen molar-refractivity contribution in [2.75, 3.05) is 19.6 Å². The molecule has 1 aromatic rings. The summed E-state index contributed by atoms with van der Waals surface area (Å²) in [7, 11) is 0. The lowest BCUT2D eigenvalue weighted by molar-refractivity contribution is -0.139. The molecule has 3 heterocycles. The third-order valence-corrected chi connectivity index (χ3v) is 4.59. The second kappa shape index (κ2) is 7.60. The normalized spacial score (nSPS) is 22.5. The van der Waals surface area contributed by atoms with Gasteiger partial charge in [0, 0.05) is 24.5 Å². The minimum absolute atomic E-state index is 0.0822. The summed E-state index contributed by atoms with van der Waals surface area (Å²) in [6, 6.07) is 3.68. The Kier molecular flexibility index (Phi) is 5.28. The SMILES string of the molecule is O=C(O)CN1CCC(c2ccc(OC3CCC(=O)NC3=O)cn2)CC1. The first-order chi connectivity index (χ1) is 12.0. The van der Waals surface area contributed by atoms with Crippen LogP contribution in [0.3, 0.4) is 0 Å². The molecule has 2 fully saturated rings. The summed E-state index contributed by atoms with van der Waals surface area (Å²) in [5.74, 6) is -0.679. The van der Waals surface area contributed by atoms with Crippen LogP contribution in [0, 0.1) is 0 Å². The van der Waals surface area contributed by atoms with E-state index < -0.39 is 18.0 Å². The number of nitrogens with one attached hydrogen (secondary N) is 1. The summed E-state index contributed by atoms with van der Waals surface area (Å²) in [5, 5.41) is 11.1. The smallest absolute Gasteiger partial charge is 0.317 e. The maximum Gasteiger partial charge on any atom is 0.317 e. The van der Waals surface area contributed by atoms with Crippen molar-refractivity contribution in [1.29, 1.82) is 0 Å².